The number of amides is 1. The topological polar surface area (TPSA) is 49.4 Å². The maximum Gasteiger partial charge on any atom is 0.230 e. The first kappa shape index (κ1) is 8.55. The molecule has 1 fully saturated rings. The third kappa shape index (κ3) is 2.20. The van der Waals surface area contributed by atoms with Gasteiger partial charge >= 0.3 is 0 Å². The van der Waals surface area contributed by atoms with Gasteiger partial charge in [-0.1, -0.05) is 0 Å². The molecule has 0 aromatic carbocycles. The zero-order valence-electron chi connectivity index (χ0n) is 6.24. The Morgan fingerprint density at radius 3 is 3.09 bits per heavy atom. The van der Waals surface area contributed by atoms with E-state index in [9.17, 15) is 9.59 Å². The smallest absolute Gasteiger partial charge is 0.230 e. The van der Waals surface area contributed by atoms with Crippen LogP contribution in [0.3, 0.4) is 0 Å². The summed E-state index contributed by atoms with van der Waals surface area (Å²) in [6.07, 6.45) is 0.854. The summed E-state index contributed by atoms with van der Waals surface area (Å²) >= 11 is 1.29. The van der Waals surface area contributed by atoms with Crippen LogP contribution in [-0.2, 0) is 9.59 Å². The van der Waals surface area contributed by atoms with Gasteiger partial charge in [0.1, 0.15) is 6.29 Å². The zero-order chi connectivity index (χ0) is 8.27. The highest BCUT2D eigenvalue weighted by Gasteiger charge is 2.21. The van der Waals surface area contributed by atoms with Crippen LogP contribution in [0.2, 0.25) is 0 Å². The second-order valence-electron chi connectivity index (χ2n) is 2.29. The van der Waals surface area contributed by atoms with Crippen molar-refractivity contribution >= 4 is 24.1 Å². The standard InChI is InChI=1S/C6H10N2O2S/c1-5(10)8-4-7-2-6(3-9)11-8/h3,6-7H,2,4H2,1H3. The van der Waals surface area contributed by atoms with Crippen LogP contribution in [0, 0.1) is 0 Å². The van der Waals surface area contributed by atoms with Crippen molar-refractivity contribution in [2.45, 2.75) is 12.2 Å². The molecular weight excluding hydrogens is 164 g/mol. The maximum absolute atomic E-state index is 10.8. The van der Waals surface area contributed by atoms with Gasteiger partial charge in [-0.25, -0.2) is 0 Å². The number of aldehydes is 1. The molecule has 1 aliphatic heterocycles. The largest absolute Gasteiger partial charge is 0.302 e. The fraction of sp³-hybridized carbons (Fsp3) is 0.667. The quantitative estimate of drug-likeness (QED) is 0.434. The second kappa shape index (κ2) is 3.73. The predicted molar refractivity (Wildman–Crippen MR) is 42.8 cm³/mol. The molecule has 5 heteroatoms. The first-order chi connectivity index (χ1) is 5.24. The molecule has 0 spiro atoms. The van der Waals surface area contributed by atoms with E-state index in [-0.39, 0.29) is 11.2 Å². The lowest BCUT2D eigenvalue weighted by Crippen LogP contribution is -2.43. The maximum atomic E-state index is 10.8. The SMILES string of the molecule is CC(=O)N1CNCC(C=O)S1. The first-order valence-electron chi connectivity index (χ1n) is 3.35. The molecule has 0 radical (unpaired) electrons. The van der Waals surface area contributed by atoms with Gasteiger partial charge in [-0.05, 0) is 11.9 Å². The highest BCUT2D eigenvalue weighted by atomic mass is 32.2. The van der Waals surface area contributed by atoms with E-state index in [2.05, 4.69) is 5.32 Å². The highest BCUT2D eigenvalue weighted by molar-refractivity contribution is 7.98. The lowest BCUT2D eigenvalue weighted by Gasteiger charge is -2.28. The van der Waals surface area contributed by atoms with Gasteiger partial charge in [0, 0.05) is 13.5 Å². The van der Waals surface area contributed by atoms with Gasteiger partial charge in [0.25, 0.3) is 0 Å². The molecule has 1 aliphatic rings. The van der Waals surface area contributed by atoms with Crippen LogP contribution in [-0.4, -0.2) is 35.0 Å². The molecule has 1 atom stereocenters. The summed E-state index contributed by atoms with van der Waals surface area (Å²) in [5.74, 6) is -0.0194. The van der Waals surface area contributed by atoms with Gasteiger partial charge in [0.2, 0.25) is 5.91 Å². The van der Waals surface area contributed by atoms with Crippen LogP contribution < -0.4 is 5.32 Å². The van der Waals surface area contributed by atoms with Crippen LogP contribution in [0.25, 0.3) is 0 Å². The Labute approximate surface area is 69.4 Å². The van der Waals surface area contributed by atoms with E-state index in [0.717, 1.165) is 6.29 Å². The number of hydrogen-bond acceptors (Lipinski definition) is 4. The van der Waals surface area contributed by atoms with Crippen LogP contribution in [0.1, 0.15) is 6.92 Å². The molecule has 1 saturated heterocycles. The fourth-order valence-corrected chi connectivity index (χ4v) is 1.69. The van der Waals surface area contributed by atoms with Crippen molar-refractivity contribution in [3.8, 4) is 0 Å². The van der Waals surface area contributed by atoms with Gasteiger partial charge in [-0.2, -0.15) is 0 Å². The van der Waals surface area contributed by atoms with E-state index < -0.39 is 0 Å². The molecule has 11 heavy (non-hydrogen) atoms. The first-order valence-corrected chi connectivity index (χ1v) is 4.18. The van der Waals surface area contributed by atoms with E-state index in [4.69, 9.17) is 0 Å². The van der Waals surface area contributed by atoms with Crippen molar-refractivity contribution in [1.82, 2.24) is 9.62 Å². The zero-order valence-corrected chi connectivity index (χ0v) is 7.06. The predicted octanol–water partition coefficient (Wildman–Crippen LogP) is -0.389. The van der Waals surface area contributed by atoms with Gasteiger partial charge in [0.05, 0.1) is 11.9 Å². The van der Waals surface area contributed by atoms with Crippen LogP contribution in [0.15, 0.2) is 0 Å². The Morgan fingerprint density at radius 1 is 1.82 bits per heavy atom. The summed E-state index contributed by atoms with van der Waals surface area (Å²) in [7, 11) is 0. The fourth-order valence-electron chi connectivity index (χ4n) is 0.805. The van der Waals surface area contributed by atoms with Crippen molar-refractivity contribution in [3.05, 3.63) is 0 Å². The normalized spacial score (nSPS) is 24.8. The van der Waals surface area contributed by atoms with Crippen molar-refractivity contribution in [3.63, 3.8) is 0 Å². The third-order valence-electron chi connectivity index (χ3n) is 1.37. The molecule has 0 aliphatic carbocycles. The minimum absolute atomic E-state index is 0.0194. The lowest BCUT2D eigenvalue weighted by atomic mass is 10.4. The molecular formula is C6H10N2O2S. The highest BCUT2D eigenvalue weighted by Crippen LogP contribution is 2.17. The molecule has 0 bridgehead atoms. The summed E-state index contributed by atoms with van der Waals surface area (Å²) in [6.45, 7) is 2.67. The molecule has 62 valence electrons. The summed E-state index contributed by atoms with van der Waals surface area (Å²) in [5, 5.41) is 2.85. The Bertz CT molecular complexity index is 174. The summed E-state index contributed by atoms with van der Waals surface area (Å²) in [6, 6.07) is 0. The molecule has 0 aromatic rings. The molecule has 1 heterocycles. The molecule has 0 saturated carbocycles. The minimum atomic E-state index is -0.118. The van der Waals surface area contributed by atoms with Gasteiger partial charge < -0.3 is 4.79 Å². The minimum Gasteiger partial charge on any atom is -0.302 e. The van der Waals surface area contributed by atoms with E-state index in [1.165, 1.54) is 18.9 Å². The van der Waals surface area contributed by atoms with Crippen LogP contribution in [0.5, 0.6) is 0 Å². The van der Waals surface area contributed by atoms with E-state index in [1.54, 1.807) is 4.31 Å². The van der Waals surface area contributed by atoms with Crippen molar-refractivity contribution in [1.29, 1.82) is 0 Å². The van der Waals surface area contributed by atoms with E-state index in [0.29, 0.717) is 13.2 Å². The molecule has 1 unspecified atom stereocenters. The van der Waals surface area contributed by atoms with E-state index in [1.807, 2.05) is 0 Å². The number of nitrogens with one attached hydrogen (secondary N) is 1. The number of carbonyl (C=O) groups excluding carboxylic acids is 2. The number of carbonyl (C=O) groups is 2. The van der Waals surface area contributed by atoms with Crippen LogP contribution >= 0.6 is 11.9 Å². The van der Waals surface area contributed by atoms with Crippen molar-refractivity contribution in [2.75, 3.05) is 13.2 Å². The second-order valence-corrected chi connectivity index (χ2v) is 3.55. The molecule has 0 aromatic heterocycles. The van der Waals surface area contributed by atoms with Gasteiger partial charge in [-0.15, -0.1) is 0 Å². The molecule has 4 nitrogen and oxygen atoms in total. The summed E-state index contributed by atoms with van der Waals surface area (Å²) in [4.78, 5) is 21.1. The average molecular weight is 174 g/mol. The van der Waals surface area contributed by atoms with Crippen LogP contribution in [0.4, 0.5) is 0 Å². The lowest BCUT2D eigenvalue weighted by molar-refractivity contribution is -0.124. The van der Waals surface area contributed by atoms with Gasteiger partial charge in [0.15, 0.2) is 0 Å². The van der Waals surface area contributed by atoms with E-state index >= 15 is 0 Å². The molecule has 1 N–H and O–H groups in total. The Balaban J connectivity index is 2.45. The monoisotopic (exact) mass is 174 g/mol. The average Bonchev–Trinajstić information content (AvgIpc) is 2.05. The van der Waals surface area contributed by atoms with Gasteiger partial charge in [-0.3, -0.25) is 14.4 Å². The third-order valence-corrected chi connectivity index (χ3v) is 2.56. The number of rotatable bonds is 1. The molecule has 1 rings (SSSR count). The Kier molecular flexibility index (Phi) is 2.90. The summed E-state index contributed by atoms with van der Waals surface area (Å²) < 4.78 is 1.54. The Morgan fingerprint density at radius 2 is 2.55 bits per heavy atom. The summed E-state index contributed by atoms with van der Waals surface area (Å²) in [5.41, 5.74) is 0. The van der Waals surface area contributed by atoms with Crippen molar-refractivity contribution < 1.29 is 9.59 Å². The molecule has 1 amide bonds. The number of nitrogens with zero attached hydrogens (tertiary/aromatic N) is 1. The van der Waals surface area contributed by atoms with Crippen molar-refractivity contribution in [2.24, 2.45) is 0 Å². The Hall–Kier alpha value is -0.550. The number of hydrogen-bond donors (Lipinski definition) is 1.